The van der Waals surface area contributed by atoms with Crippen molar-refractivity contribution in [3.8, 4) is 11.1 Å². The Bertz CT molecular complexity index is 984. The lowest BCUT2D eigenvalue weighted by Crippen LogP contribution is -2.25. The van der Waals surface area contributed by atoms with Gasteiger partial charge in [-0.2, -0.15) is 0 Å². The lowest BCUT2D eigenvalue weighted by molar-refractivity contribution is 0.0698. The van der Waals surface area contributed by atoms with Crippen molar-refractivity contribution in [2.45, 2.75) is 17.7 Å². The van der Waals surface area contributed by atoms with Gasteiger partial charge in [0.1, 0.15) is 0 Å². The second-order valence-electron chi connectivity index (χ2n) is 5.94. The lowest BCUT2D eigenvalue weighted by atomic mass is 10.1. The fraction of sp³-hybridized carbons (Fsp3) is 0.150. The van der Waals surface area contributed by atoms with E-state index >= 15 is 0 Å². The number of aromatic carboxylic acids is 1. The summed E-state index contributed by atoms with van der Waals surface area (Å²) in [5.74, 6) is -0.961. The van der Waals surface area contributed by atoms with Gasteiger partial charge in [-0.1, -0.05) is 48.5 Å². The number of carboxylic acids is 1. The molecule has 0 unspecified atom stereocenters. The van der Waals surface area contributed by atoms with Gasteiger partial charge in [0.2, 0.25) is 10.0 Å². The molecular formula is C20H19NO4S. The zero-order valence-corrected chi connectivity index (χ0v) is 14.9. The summed E-state index contributed by atoms with van der Waals surface area (Å²) in [5.41, 5.74) is 2.77. The van der Waals surface area contributed by atoms with Gasteiger partial charge in [0.25, 0.3) is 0 Å². The molecule has 0 heterocycles. The van der Waals surface area contributed by atoms with E-state index in [1.807, 2.05) is 24.3 Å². The van der Waals surface area contributed by atoms with Crippen molar-refractivity contribution in [2.24, 2.45) is 0 Å². The number of carboxylic acid groups (broad SMARTS) is 1. The molecule has 0 aliphatic heterocycles. The van der Waals surface area contributed by atoms with Crippen molar-refractivity contribution in [1.29, 1.82) is 0 Å². The minimum absolute atomic E-state index is 0.235. The van der Waals surface area contributed by atoms with Gasteiger partial charge in [-0.15, -0.1) is 0 Å². The van der Waals surface area contributed by atoms with E-state index in [0.29, 0.717) is 18.4 Å². The summed E-state index contributed by atoms with van der Waals surface area (Å²) < 4.78 is 27.0. The van der Waals surface area contributed by atoms with Crippen LogP contribution in [0.2, 0.25) is 0 Å². The van der Waals surface area contributed by atoms with Crippen molar-refractivity contribution >= 4 is 16.0 Å². The largest absolute Gasteiger partial charge is 0.478 e. The third-order valence-electron chi connectivity index (χ3n) is 4.19. The lowest BCUT2D eigenvalue weighted by Gasteiger charge is -2.07. The van der Waals surface area contributed by atoms with Crippen molar-refractivity contribution in [1.82, 2.24) is 4.72 Å². The standard InChI is InChI=1S/C20H19NO4S/c22-20(23)19-14-15(17-11-5-2-6-12-18(17)19)8-7-13-21-26(24,25)16-9-3-1-4-10-16/h1-6,9-12,14,21H,7-8,13H2,(H,22,23). The molecule has 0 radical (unpaired) electrons. The van der Waals surface area contributed by atoms with E-state index in [-0.39, 0.29) is 17.0 Å². The average molecular weight is 369 g/mol. The maximum absolute atomic E-state index is 12.2. The van der Waals surface area contributed by atoms with E-state index in [1.165, 1.54) is 0 Å². The van der Waals surface area contributed by atoms with Crippen LogP contribution in [0.15, 0.2) is 71.6 Å². The second-order valence-corrected chi connectivity index (χ2v) is 7.71. The summed E-state index contributed by atoms with van der Waals surface area (Å²) in [6, 6.07) is 19.1. The van der Waals surface area contributed by atoms with Crippen molar-refractivity contribution in [2.75, 3.05) is 6.54 Å². The number of nitrogens with one attached hydrogen (secondary N) is 1. The first-order chi connectivity index (χ1) is 12.5. The Morgan fingerprint density at radius 2 is 1.54 bits per heavy atom. The van der Waals surface area contributed by atoms with Crippen LogP contribution in [-0.4, -0.2) is 26.0 Å². The highest BCUT2D eigenvalue weighted by Crippen LogP contribution is 2.32. The Labute approximate surface area is 152 Å². The molecule has 1 aromatic rings. The molecular weight excluding hydrogens is 350 g/mol. The molecule has 2 aliphatic carbocycles. The average Bonchev–Trinajstić information content (AvgIpc) is 2.80. The number of rotatable bonds is 7. The fourth-order valence-electron chi connectivity index (χ4n) is 2.94. The van der Waals surface area contributed by atoms with Crippen molar-refractivity contribution in [3.05, 3.63) is 77.9 Å². The zero-order chi connectivity index (χ0) is 18.6. The summed E-state index contributed by atoms with van der Waals surface area (Å²) in [7, 11) is -3.52. The van der Waals surface area contributed by atoms with Crippen LogP contribution in [0.3, 0.4) is 0 Å². The van der Waals surface area contributed by atoms with E-state index < -0.39 is 16.0 Å². The Kier molecular flexibility index (Phi) is 5.35. The third kappa shape index (κ3) is 3.92. The number of sulfonamides is 1. The number of benzene rings is 1. The highest BCUT2D eigenvalue weighted by Gasteiger charge is 2.19. The van der Waals surface area contributed by atoms with Crippen LogP contribution >= 0.6 is 0 Å². The normalized spacial score (nSPS) is 11.5. The summed E-state index contributed by atoms with van der Waals surface area (Å²) in [6.45, 7) is 0.283. The Balaban J connectivity index is 1.69. The first-order valence-electron chi connectivity index (χ1n) is 8.28. The van der Waals surface area contributed by atoms with Gasteiger partial charge >= 0.3 is 5.97 Å². The molecule has 5 nitrogen and oxygen atoms in total. The molecule has 2 aliphatic rings. The Hall–Kier alpha value is -2.70. The number of hydrogen-bond donors (Lipinski definition) is 2. The molecule has 134 valence electrons. The monoisotopic (exact) mass is 369 g/mol. The molecule has 0 spiro atoms. The second kappa shape index (κ2) is 7.68. The predicted molar refractivity (Wildman–Crippen MR) is 100.0 cm³/mol. The number of fused-ring (bicyclic) bond motifs is 1. The molecule has 6 heteroatoms. The van der Waals surface area contributed by atoms with Crippen LogP contribution in [0, 0.1) is 0 Å². The topological polar surface area (TPSA) is 83.5 Å². The summed E-state index contributed by atoms with van der Waals surface area (Å²) in [5, 5.41) is 9.39. The van der Waals surface area contributed by atoms with Gasteiger partial charge in [-0.25, -0.2) is 17.9 Å². The third-order valence-corrected chi connectivity index (χ3v) is 5.67. The van der Waals surface area contributed by atoms with Crippen molar-refractivity contribution in [3.63, 3.8) is 0 Å². The van der Waals surface area contributed by atoms with Gasteiger partial charge < -0.3 is 5.11 Å². The van der Waals surface area contributed by atoms with Crippen LogP contribution < -0.4 is 4.72 Å². The maximum Gasteiger partial charge on any atom is 0.336 e. The van der Waals surface area contributed by atoms with Crippen LogP contribution in [0.4, 0.5) is 0 Å². The van der Waals surface area contributed by atoms with Crippen LogP contribution in [0.5, 0.6) is 0 Å². The molecule has 1 aromatic carbocycles. The minimum atomic E-state index is -3.52. The predicted octanol–water partition coefficient (Wildman–Crippen LogP) is 3.40. The van der Waals surface area contributed by atoms with Crippen LogP contribution in [-0.2, 0) is 16.4 Å². The molecule has 0 aromatic heterocycles. The van der Waals surface area contributed by atoms with Crippen LogP contribution in [0.1, 0.15) is 22.3 Å². The van der Waals surface area contributed by atoms with Gasteiger partial charge in [0.15, 0.2) is 0 Å². The molecule has 0 bridgehead atoms. The van der Waals surface area contributed by atoms with Crippen molar-refractivity contribution < 1.29 is 18.3 Å². The first-order valence-corrected chi connectivity index (χ1v) is 9.76. The summed E-state index contributed by atoms with van der Waals surface area (Å²) in [6.07, 6.45) is 1.16. The quantitative estimate of drug-likeness (QED) is 0.625. The summed E-state index contributed by atoms with van der Waals surface area (Å²) >= 11 is 0. The molecule has 0 atom stereocenters. The maximum atomic E-state index is 12.2. The summed E-state index contributed by atoms with van der Waals surface area (Å²) in [4.78, 5) is 11.7. The van der Waals surface area contributed by atoms with Gasteiger partial charge in [0, 0.05) is 6.54 Å². The highest BCUT2D eigenvalue weighted by molar-refractivity contribution is 7.89. The van der Waals surface area contributed by atoms with E-state index in [9.17, 15) is 18.3 Å². The first kappa shape index (κ1) is 18.1. The molecule has 2 N–H and O–H groups in total. The number of aryl methyl sites for hydroxylation is 1. The van der Waals surface area contributed by atoms with E-state index in [4.69, 9.17) is 0 Å². The number of carbonyl (C=O) groups is 1. The smallest absolute Gasteiger partial charge is 0.336 e. The van der Waals surface area contributed by atoms with Gasteiger partial charge in [-0.3, -0.25) is 0 Å². The fourth-order valence-corrected chi connectivity index (χ4v) is 4.04. The van der Waals surface area contributed by atoms with E-state index in [2.05, 4.69) is 4.72 Å². The van der Waals surface area contributed by atoms with Gasteiger partial charge in [0.05, 0.1) is 10.5 Å². The molecule has 26 heavy (non-hydrogen) atoms. The zero-order valence-electron chi connectivity index (χ0n) is 14.1. The molecule has 0 fully saturated rings. The van der Waals surface area contributed by atoms with Gasteiger partial charge in [-0.05, 0) is 47.7 Å². The Morgan fingerprint density at radius 1 is 0.923 bits per heavy atom. The minimum Gasteiger partial charge on any atom is -0.478 e. The molecule has 3 rings (SSSR count). The van der Waals surface area contributed by atoms with E-state index in [1.54, 1.807) is 42.5 Å². The Morgan fingerprint density at radius 3 is 2.19 bits per heavy atom. The molecule has 0 amide bonds. The molecule has 0 saturated heterocycles. The molecule has 0 saturated carbocycles. The van der Waals surface area contributed by atoms with Crippen LogP contribution in [0.25, 0.3) is 11.1 Å². The number of hydrogen-bond acceptors (Lipinski definition) is 3. The van der Waals surface area contributed by atoms with E-state index in [0.717, 1.165) is 11.1 Å². The highest BCUT2D eigenvalue weighted by atomic mass is 32.2. The SMILES string of the molecule is O=C(O)c1cc(CCCNS(=O)(=O)c2ccccc2)c2cccccc1-2.